The van der Waals surface area contributed by atoms with E-state index in [9.17, 15) is 0 Å². The van der Waals surface area contributed by atoms with Crippen molar-refractivity contribution >= 4 is 0 Å². The second kappa shape index (κ2) is 4.90. The molecule has 0 aromatic carbocycles. The second-order valence-corrected chi connectivity index (χ2v) is 4.70. The summed E-state index contributed by atoms with van der Waals surface area (Å²) in [5.74, 6) is 0. The Balaban J connectivity index is 1.95. The fourth-order valence-electron chi connectivity index (χ4n) is 2.34. The van der Waals surface area contributed by atoms with Crippen molar-refractivity contribution in [1.82, 2.24) is 14.8 Å². The minimum absolute atomic E-state index is 0.0612. The van der Waals surface area contributed by atoms with E-state index in [4.69, 9.17) is 4.74 Å². The molecule has 94 valence electrons. The van der Waals surface area contributed by atoms with Gasteiger partial charge in [0.15, 0.2) is 6.23 Å². The predicted molar refractivity (Wildman–Crippen MR) is 69.0 cm³/mol. The predicted octanol–water partition coefficient (Wildman–Crippen LogP) is 2.95. The molecule has 4 nitrogen and oxygen atoms in total. The lowest BCUT2D eigenvalue weighted by atomic mass is 10.1. The lowest BCUT2D eigenvalue weighted by Crippen LogP contribution is -2.20. The quantitative estimate of drug-likeness (QED) is 0.814. The molecule has 0 saturated carbocycles. The lowest BCUT2D eigenvalue weighted by molar-refractivity contribution is -0.0384. The maximum Gasteiger partial charge on any atom is 0.150 e. The molecule has 1 fully saturated rings. The van der Waals surface area contributed by atoms with Crippen molar-refractivity contribution in [3.05, 3.63) is 36.2 Å². The van der Waals surface area contributed by atoms with Crippen LogP contribution in [-0.2, 0) is 4.74 Å². The molecule has 18 heavy (non-hydrogen) atoms. The van der Waals surface area contributed by atoms with Crippen molar-refractivity contribution in [2.75, 3.05) is 6.61 Å². The fourth-order valence-corrected chi connectivity index (χ4v) is 2.34. The van der Waals surface area contributed by atoms with Gasteiger partial charge in [0.05, 0.1) is 11.4 Å². The third-order valence-electron chi connectivity index (χ3n) is 3.28. The zero-order valence-corrected chi connectivity index (χ0v) is 10.5. The number of hydrogen-bond acceptors (Lipinski definition) is 3. The molecule has 2 aromatic rings. The SMILES string of the molecule is Cc1ccnc(-c2ccnn2C2CCCCO2)c1. The zero-order chi connectivity index (χ0) is 12.4. The molecule has 0 bridgehead atoms. The molecule has 3 heterocycles. The van der Waals surface area contributed by atoms with E-state index in [0.29, 0.717) is 0 Å². The number of nitrogens with zero attached hydrogens (tertiary/aromatic N) is 3. The van der Waals surface area contributed by atoms with Crippen LogP contribution in [0.15, 0.2) is 30.6 Å². The number of aryl methyl sites for hydroxylation is 1. The van der Waals surface area contributed by atoms with Gasteiger partial charge in [-0.25, -0.2) is 4.68 Å². The maximum absolute atomic E-state index is 5.79. The standard InChI is InChI=1S/C14H17N3O/c1-11-5-7-15-12(10-11)13-6-8-16-17(13)14-4-2-3-9-18-14/h5-8,10,14H,2-4,9H2,1H3. The monoisotopic (exact) mass is 243 g/mol. The van der Waals surface area contributed by atoms with Gasteiger partial charge in [0.1, 0.15) is 0 Å². The van der Waals surface area contributed by atoms with Crippen molar-refractivity contribution in [3.8, 4) is 11.4 Å². The number of hydrogen-bond donors (Lipinski definition) is 0. The Morgan fingerprint density at radius 2 is 2.22 bits per heavy atom. The Hall–Kier alpha value is -1.68. The number of ether oxygens (including phenoxy) is 1. The third kappa shape index (κ3) is 2.16. The second-order valence-electron chi connectivity index (χ2n) is 4.70. The van der Waals surface area contributed by atoms with Crippen LogP contribution < -0.4 is 0 Å². The van der Waals surface area contributed by atoms with Crippen LogP contribution in [0.3, 0.4) is 0 Å². The summed E-state index contributed by atoms with van der Waals surface area (Å²) < 4.78 is 7.75. The number of aromatic nitrogens is 3. The topological polar surface area (TPSA) is 39.9 Å². The molecule has 0 radical (unpaired) electrons. The molecular formula is C14H17N3O. The average Bonchev–Trinajstić information content (AvgIpc) is 2.89. The smallest absolute Gasteiger partial charge is 0.150 e. The van der Waals surface area contributed by atoms with Gasteiger partial charge < -0.3 is 4.74 Å². The molecule has 0 spiro atoms. The van der Waals surface area contributed by atoms with E-state index in [1.165, 1.54) is 12.0 Å². The van der Waals surface area contributed by atoms with E-state index < -0.39 is 0 Å². The van der Waals surface area contributed by atoms with Gasteiger partial charge in [0.25, 0.3) is 0 Å². The Labute approximate surface area is 107 Å². The van der Waals surface area contributed by atoms with Crippen LogP contribution >= 0.6 is 0 Å². The van der Waals surface area contributed by atoms with Crippen molar-refractivity contribution in [3.63, 3.8) is 0 Å². The summed E-state index contributed by atoms with van der Waals surface area (Å²) in [5, 5.41) is 4.40. The summed E-state index contributed by atoms with van der Waals surface area (Å²) in [6, 6.07) is 6.08. The molecule has 1 aliphatic rings. The summed E-state index contributed by atoms with van der Waals surface area (Å²) in [5.41, 5.74) is 3.20. The van der Waals surface area contributed by atoms with E-state index >= 15 is 0 Å². The normalized spacial score (nSPS) is 19.9. The summed E-state index contributed by atoms with van der Waals surface area (Å²) in [4.78, 5) is 4.42. The number of pyridine rings is 1. The van der Waals surface area contributed by atoms with Gasteiger partial charge in [-0.2, -0.15) is 5.10 Å². The molecule has 1 saturated heterocycles. The van der Waals surface area contributed by atoms with Crippen molar-refractivity contribution in [1.29, 1.82) is 0 Å². The van der Waals surface area contributed by atoms with E-state index in [0.717, 1.165) is 30.8 Å². The third-order valence-corrected chi connectivity index (χ3v) is 3.28. The van der Waals surface area contributed by atoms with Gasteiger partial charge in [-0.3, -0.25) is 4.98 Å². The molecular weight excluding hydrogens is 226 g/mol. The molecule has 3 rings (SSSR count). The minimum Gasteiger partial charge on any atom is -0.356 e. The first kappa shape index (κ1) is 11.4. The van der Waals surface area contributed by atoms with Gasteiger partial charge in [-0.15, -0.1) is 0 Å². The first-order valence-corrected chi connectivity index (χ1v) is 6.43. The molecule has 0 amide bonds. The van der Waals surface area contributed by atoms with E-state index in [-0.39, 0.29) is 6.23 Å². The lowest BCUT2D eigenvalue weighted by Gasteiger charge is -2.24. The first-order valence-electron chi connectivity index (χ1n) is 6.43. The molecule has 1 aliphatic heterocycles. The molecule has 0 N–H and O–H groups in total. The van der Waals surface area contributed by atoms with Gasteiger partial charge in [0, 0.05) is 19.0 Å². The van der Waals surface area contributed by atoms with Crippen LogP contribution in [0.25, 0.3) is 11.4 Å². The van der Waals surface area contributed by atoms with Crippen LogP contribution in [0.1, 0.15) is 31.1 Å². The van der Waals surface area contributed by atoms with Gasteiger partial charge in [-0.05, 0) is 49.9 Å². The van der Waals surface area contributed by atoms with Gasteiger partial charge in [-0.1, -0.05) is 0 Å². The highest BCUT2D eigenvalue weighted by atomic mass is 16.5. The van der Waals surface area contributed by atoms with E-state index in [2.05, 4.69) is 23.1 Å². The molecule has 4 heteroatoms. The van der Waals surface area contributed by atoms with Crippen molar-refractivity contribution in [2.24, 2.45) is 0 Å². The summed E-state index contributed by atoms with van der Waals surface area (Å²) in [6.07, 6.45) is 7.09. The summed E-state index contributed by atoms with van der Waals surface area (Å²) in [7, 11) is 0. The van der Waals surface area contributed by atoms with Crippen LogP contribution in [-0.4, -0.2) is 21.4 Å². The largest absolute Gasteiger partial charge is 0.356 e. The molecule has 2 aromatic heterocycles. The van der Waals surface area contributed by atoms with Gasteiger partial charge in [0.2, 0.25) is 0 Å². The zero-order valence-electron chi connectivity index (χ0n) is 10.5. The Morgan fingerprint density at radius 1 is 1.28 bits per heavy atom. The molecule has 1 atom stereocenters. The van der Waals surface area contributed by atoms with Crippen LogP contribution in [0.2, 0.25) is 0 Å². The van der Waals surface area contributed by atoms with Crippen LogP contribution in [0, 0.1) is 6.92 Å². The van der Waals surface area contributed by atoms with Crippen LogP contribution in [0.4, 0.5) is 0 Å². The highest BCUT2D eigenvalue weighted by molar-refractivity contribution is 5.54. The van der Waals surface area contributed by atoms with Crippen LogP contribution in [0.5, 0.6) is 0 Å². The maximum atomic E-state index is 5.79. The summed E-state index contributed by atoms with van der Waals surface area (Å²) in [6.45, 7) is 2.90. The minimum atomic E-state index is 0.0612. The Bertz CT molecular complexity index is 529. The average molecular weight is 243 g/mol. The highest BCUT2D eigenvalue weighted by Crippen LogP contribution is 2.27. The Kier molecular flexibility index (Phi) is 3.11. The molecule has 1 unspecified atom stereocenters. The molecule has 0 aliphatic carbocycles. The van der Waals surface area contributed by atoms with Crippen molar-refractivity contribution < 1.29 is 4.74 Å². The Morgan fingerprint density at radius 3 is 3.00 bits per heavy atom. The number of rotatable bonds is 2. The summed E-state index contributed by atoms with van der Waals surface area (Å²) >= 11 is 0. The fraction of sp³-hybridized carbons (Fsp3) is 0.429. The first-order chi connectivity index (χ1) is 8.84. The van der Waals surface area contributed by atoms with E-state index in [1.807, 2.05) is 29.2 Å². The van der Waals surface area contributed by atoms with Crippen molar-refractivity contribution in [2.45, 2.75) is 32.4 Å². The van der Waals surface area contributed by atoms with E-state index in [1.54, 1.807) is 0 Å². The highest BCUT2D eigenvalue weighted by Gasteiger charge is 2.19. The van der Waals surface area contributed by atoms with Gasteiger partial charge >= 0.3 is 0 Å².